The molecule has 1 aliphatic heterocycles. The van der Waals surface area contributed by atoms with E-state index in [9.17, 15) is 0 Å². The summed E-state index contributed by atoms with van der Waals surface area (Å²) < 4.78 is 0. The van der Waals surface area contributed by atoms with Crippen molar-refractivity contribution < 1.29 is 0 Å². The third-order valence-corrected chi connectivity index (χ3v) is 6.36. The second-order valence-corrected chi connectivity index (χ2v) is 9.52. The molecule has 1 heterocycles. The van der Waals surface area contributed by atoms with Crippen molar-refractivity contribution in [1.82, 2.24) is 4.90 Å². The Morgan fingerprint density at radius 2 is 1.82 bits per heavy atom. The summed E-state index contributed by atoms with van der Waals surface area (Å²) in [7, 11) is 4.14. The van der Waals surface area contributed by atoms with E-state index in [1.165, 1.54) is 44.2 Å². The standard InChI is InChI=1S/C23H39N5/c1-23(2,16-24)17-25-22(26-19-11-13-20(14-12-19)27(3)4)28-15-7-9-18-8-5-6-10-21(18)28/h11-14,18,21H,5-10,15-17,24H2,1-4H3,(H,25,26). The zero-order valence-electron chi connectivity index (χ0n) is 18.2. The zero-order valence-corrected chi connectivity index (χ0v) is 18.2. The highest BCUT2D eigenvalue weighted by Gasteiger charge is 2.35. The third-order valence-electron chi connectivity index (χ3n) is 6.36. The zero-order chi connectivity index (χ0) is 20.1. The largest absolute Gasteiger partial charge is 0.378 e. The van der Waals surface area contributed by atoms with Gasteiger partial charge in [0.2, 0.25) is 0 Å². The van der Waals surface area contributed by atoms with E-state index < -0.39 is 0 Å². The SMILES string of the molecule is CN(C)c1ccc(NC(=NCC(C)(C)CN)N2CCCC3CCCCC32)cc1. The summed E-state index contributed by atoms with van der Waals surface area (Å²) in [5, 5.41) is 3.66. The van der Waals surface area contributed by atoms with Crippen molar-refractivity contribution in [2.45, 2.75) is 58.4 Å². The second-order valence-electron chi connectivity index (χ2n) is 9.52. The number of aliphatic imine (C=N–C) groups is 1. The van der Waals surface area contributed by atoms with E-state index >= 15 is 0 Å². The van der Waals surface area contributed by atoms with E-state index in [0.29, 0.717) is 12.6 Å². The Morgan fingerprint density at radius 3 is 2.50 bits per heavy atom. The lowest BCUT2D eigenvalue weighted by atomic mass is 9.78. The summed E-state index contributed by atoms with van der Waals surface area (Å²) in [5.41, 5.74) is 8.30. The molecule has 0 bridgehead atoms. The van der Waals surface area contributed by atoms with Crippen LogP contribution in [0.2, 0.25) is 0 Å². The highest BCUT2D eigenvalue weighted by atomic mass is 15.3. The molecular weight excluding hydrogens is 346 g/mol. The Morgan fingerprint density at radius 1 is 1.14 bits per heavy atom. The molecule has 0 radical (unpaired) electrons. The summed E-state index contributed by atoms with van der Waals surface area (Å²) in [6, 6.07) is 9.26. The molecule has 3 N–H and O–H groups in total. The van der Waals surface area contributed by atoms with Crippen LogP contribution in [-0.2, 0) is 0 Å². The minimum atomic E-state index is 0.0173. The number of nitrogens with zero attached hydrogens (tertiary/aromatic N) is 3. The molecule has 1 saturated heterocycles. The number of guanidine groups is 1. The summed E-state index contributed by atoms with van der Waals surface area (Å²) in [5.74, 6) is 1.86. The smallest absolute Gasteiger partial charge is 0.198 e. The summed E-state index contributed by atoms with van der Waals surface area (Å²) in [6.07, 6.45) is 8.05. The van der Waals surface area contributed by atoms with Crippen molar-refractivity contribution in [3.8, 4) is 0 Å². The number of anilines is 2. The first-order valence-electron chi connectivity index (χ1n) is 11.0. The van der Waals surface area contributed by atoms with E-state index in [-0.39, 0.29) is 5.41 Å². The van der Waals surface area contributed by atoms with E-state index in [4.69, 9.17) is 10.7 Å². The Bertz CT molecular complexity index is 647. The molecule has 0 aromatic heterocycles. The molecule has 3 rings (SSSR count). The van der Waals surface area contributed by atoms with E-state index in [2.05, 4.69) is 67.3 Å². The summed E-state index contributed by atoms with van der Waals surface area (Å²) in [4.78, 5) is 9.77. The van der Waals surface area contributed by atoms with E-state index in [1.54, 1.807) is 0 Å². The number of nitrogens with one attached hydrogen (secondary N) is 1. The van der Waals surface area contributed by atoms with E-state index in [0.717, 1.165) is 30.7 Å². The van der Waals surface area contributed by atoms with Crippen molar-refractivity contribution in [3.63, 3.8) is 0 Å². The van der Waals surface area contributed by atoms with Crippen LogP contribution in [0.4, 0.5) is 11.4 Å². The fourth-order valence-corrected chi connectivity index (χ4v) is 4.42. The molecule has 2 fully saturated rings. The van der Waals surface area contributed by atoms with Crippen molar-refractivity contribution >= 4 is 17.3 Å². The fourth-order valence-electron chi connectivity index (χ4n) is 4.42. The molecule has 28 heavy (non-hydrogen) atoms. The second kappa shape index (κ2) is 9.17. The first kappa shape index (κ1) is 21.0. The van der Waals surface area contributed by atoms with Crippen LogP contribution in [0.1, 0.15) is 52.4 Å². The highest BCUT2D eigenvalue weighted by Crippen LogP contribution is 2.35. The maximum absolute atomic E-state index is 5.97. The molecule has 0 spiro atoms. The third kappa shape index (κ3) is 5.19. The number of hydrogen-bond acceptors (Lipinski definition) is 3. The average molecular weight is 386 g/mol. The molecule has 1 aromatic rings. The Balaban J connectivity index is 1.83. The monoisotopic (exact) mass is 385 g/mol. The fraction of sp³-hybridized carbons (Fsp3) is 0.696. The van der Waals surface area contributed by atoms with Gasteiger partial charge < -0.3 is 20.9 Å². The summed E-state index contributed by atoms with van der Waals surface area (Å²) in [6.45, 7) is 6.88. The molecular formula is C23H39N5. The highest BCUT2D eigenvalue weighted by molar-refractivity contribution is 5.94. The molecule has 1 saturated carbocycles. The lowest BCUT2D eigenvalue weighted by Crippen LogP contribution is -2.52. The number of hydrogen-bond donors (Lipinski definition) is 2. The van der Waals surface area contributed by atoms with Crippen molar-refractivity contribution in [2.75, 3.05) is 43.9 Å². The van der Waals surface area contributed by atoms with Crippen molar-refractivity contribution in [2.24, 2.45) is 22.1 Å². The molecule has 5 heteroatoms. The van der Waals surface area contributed by atoms with Gasteiger partial charge in [-0.3, -0.25) is 4.99 Å². The van der Waals surface area contributed by atoms with Crippen LogP contribution in [0.3, 0.4) is 0 Å². The van der Waals surface area contributed by atoms with Gasteiger partial charge in [0.05, 0.1) is 0 Å². The summed E-state index contributed by atoms with van der Waals surface area (Å²) >= 11 is 0. The normalized spacial score (nSPS) is 23.3. The van der Waals surface area contributed by atoms with Crippen LogP contribution >= 0.6 is 0 Å². The molecule has 0 amide bonds. The number of likely N-dealkylation sites (tertiary alicyclic amines) is 1. The quantitative estimate of drug-likeness (QED) is 0.590. The minimum Gasteiger partial charge on any atom is -0.378 e. The van der Waals surface area contributed by atoms with Gasteiger partial charge in [-0.2, -0.15) is 0 Å². The number of piperidine rings is 1. The van der Waals surface area contributed by atoms with E-state index in [1.807, 2.05) is 0 Å². The molecule has 1 aromatic carbocycles. The Kier molecular flexibility index (Phi) is 6.86. The average Bonchev–Trinajstić information content (AvgIpc) is 2.71. The Labute approximate surface area is 171 Å². The van der Waals surface area contributed by atoms with Crippen molar-refractivity contribution in [3.05, 3.63) is 24.3 Å². The van der Waals surface area contributed by atoms with Crippen molar-refractivity contribution in [1.29, 1.82) is 0 Å². The van der Waals surface area contributed by atoms with Crippen LogP contribution in [0.25, 0.3) is 0 Å². The van der Waals surface area contributed by atoms with Gasteiger partial charge in [-0.1, -0.05) is 26.7 Å². The number of fused-ring (bicyclic) bond motifs is 1. The van der Waals surface area contributed by atoms with Crippen LogP contribution in [-0.4, -0.2) is 50.6 Å². The predicted octanol–water partition coefficient (Wildman–Crippen LogP) is 4.16. The van der Waals surface area contributed by atoms with Gasteiger partial charge in [-0.25, -0.2) is 0 Å². The number of rotatable bonds is 5. The topological polar surface area (TPSA) is 56.9 Å². The van der Waals surface area contributed by atoms with Crippen LogP contribution < -0.4 is 16.0 Å². The molecule has 1 aliphatic carbocycles. The van der Waals surface area contributed by atoms with Gasteiger partial charge in [0.15, 0.2) is 5.96 Å². The molecule has 2 unspecified atom stereocenters. The molecule has 5 nitrogen and oxygen atoms in total. The lowest BCUT2D eigenvalue weighted by molar-refractivity contribution is 0.119. The van der Waals surface area contributed by atoms with Crippen LogP contribution in [0.15, 0.2) is 29.3 Å². The number of nitrogens with two attached hydrogens (primary N) is 1. The molecule has 2 atom stereocenters. The van der Waals surface area contributed by atoms with Crippen LogP contribution in [0, 0.1) is 11.3 Å². The molecule has 156 valence electrons. The van der Waals surface area contributed by atoms with Gasteiger partial charge in [0, 0.05) is 44.6 Å². The van der Waals surface area contributed by atoms with Gasteiger partial charge in [0.25, 0.3) is 0 Å². The molecule has 2 aliphatic rings. The number of benzene rings is 1. The first-order valence-corrected chi connectivity index (χ1v) is 11.0. The van der Waals surface area contributed by atoms with Gasteiger partial charge in [-0.05, 0) is 67.8 Å². The van der Waals surface area contributed by atoms with Crippen LogP contribution in [0.5, 0.6) is 0 Å². The maximum atomic E-state index is 5.97. The minimum absolute atomic E-state index is 0.0173. The first-order chi connectivity index (χ1) is 13.4. The van der Waals surface area contributed by atoms with Gasteiger partial charge in [0.1, 0.15) is 0 Å². The Hall–Kier alpha value is -1.75. The predicted molar refractivity (Wildman–Crippen MR) is 121 cm³/mol. The lowest BCUT2D eigenvalue weighted by Gasteiger charge is -2.45. The van der Waals surface area contributed by atoms with Gasteiger partial charge in [-0.15, -0.1) is 0 Å². The van der Waals surface area contributed by atoms with Gasteiger partial charge >= 0.3 is 0 Å². The maximum Gasteiger partial charge on any atom is 0.198 e.